The lowest BCUT2D eigenvalue weighted by Crippen LogP contribution is -2.45. The Balaban J connectivity index is 1.93. The molecule has 0 unspecified atom stereocenters. The fraction of sp³-hybridized carbons (Fsp3) is 0.500. The predicted molar refractivity (Wildman–Crippen MR) is 79.2 cm³/mol. The molecule has 1 fully saturated rings. The summed E-state index contributed by atoms with van der Waals surface area (Å²) in [5.74, 6) is -0.798. The van der Waals surface area contributed by atoms with E-state index >= 15 is 0 Å². The number of benzene rings is 1. The lowest BCUT2D eigenvalue weighted by atomic mass is 9.68. The van der Waals surface area contributed by atoms with E-state index in [-0.39, 0.29) is 17.7 Å². The molecule has 2 N–H and O–H groups in total. The van der Waals surface area contributed by atoms with E-state index in [2.05, 4.69) is 5.32 Å². The lowest BCUT2D eigenvalue weighted by molar-refractivity contribution is -0.137. The Kier molecular flexibility index (Phi) is 4.96. The molecule has 5 nitrogen and oxygen atoms in total. The number of hydrogen-bond donors (Lipinski definition) is 2. The van der Waals surface area contributed by atoms with Crippen LogP contribution >= 0.6 is 0 Å². The lowest BCUT2D eigenvalue weighted by Gasteiger charge is -2.39. The Morgan fingerprint density at radius 1 is 1.29 bits per heavy atom. The van der Waals surface area contributed by atoms with Crippen LogP contribution in [0.3, 0.4) is 0 Å². The Morgan fingerprint density at radius 2 is 1.95 bits per heavy atom. The molecule has 1 aromatic rings. The van der Waals surface area contributed by atoms with Crippen molar-refractivity contribution in [2.24, 2.45) is 5.41 Å². The van der Waals surface area contributed by atoms with Gasteiger partial charge in [0, 0.05) is 19.2 Å². The van der Waals surface area contributed by atoms with E-state index in [0.717, 1.165) is 30.5 Å². The summed E-state index contributed by atoms with van der Waals surface area (Å²) in [5, 5.41) is 11.6. The minimum Gasteiger partial charge on any atom is -0.481 e. The van der Waals surface area contributed by atoms with Crippen molar-refractivity contribution >= 4 is 17.6 Å². The molecule has 0 bridgehead atoms. The number of hydrogen-bond acceptors (Lipinski definition) is 3. The molecular formula is C16H21NO4. The molecule has 0 saturated heterocycles. The summed E-state index contributed by atoms with van der Waals surface area (Å²) < 4.78 is 5.16. The fourth-order valence-corrected chi connectivity index (χ4v) is 2.59. The van der Waals surface area contributed by atoms with Crippen molar-refractivity contribution in [2.45, 2.75) is 32.1 Å². The van der Waals surface area contributed by atoms with Crippen LogP contribution in [0.2, 0.25) is 0 Å². The molecule has 5 heteroatoms. The van der Waals surface area contributed by atoms with E-state index in [1.165, 1.54) is 0 Å². The van der Waals surface area contributed by atoms with Gasteiger partial charge in [-0.05, 0) is 37.0 Å². The molecule has 114 valence electrons. The zero-order valence-corrected chi connectivity index (χ0v) is 12.2. The number of ether oxygens (including phenoxy) is 1. The smallest absolute Gasteiger partial charge is 0.303 e. The highest BCUT2D eigenvalue weighted by atomic mass is 16.5. The van der Waals surface area contributed by atoms with Crippen molar-refractivity contribution in [3.8, 4) is 0 Å². The van der Waals surface area contributed by atoms with Gasteiger partial charge in [-0.1, -0.05) is 18.6 Å². The number of methoxy groups -OCH3 is 1. The second-order valence-corrected chi connectivity index (χ2v) is 5.61. The number of amides is 1. The van der Waals surface area contributed by atoms with Gasteiger partial charge in [0.05, 0.1) is 12.0 Å². The van der Waals surface area contributed by atoms with Crippen molar-refractivity contribution in [3.05, 3.63) is 29.8 Å². The maximum atomic E-state index is 12.3. The monoisotopic (exact) mass is 291 g/mol. The first-order valence-corrected chi connectivity index (χ1v) is 7.17. The van der Waals surface area contributed by atoms with E-state index < -0.39 is 5.97 Å². The first-order valence-electron chi connectivity index (χ1n) is 7.17. The van der Waals surface area contributed by atoms with E-state index in [1.54, 1.807) is 7.11 Å². The highest BCUT2D eigenvalue weighted by Crippen LogP contribution is 2.42. The van der Waals surface area contributed by atoms with Crippen molar-refractivity contribution in [1.29, 1.82) is 0 Å². The van der Waals surface area contributed by atoms with Gasteiger partial charge in [-0.3, -0.25) is 9.59 Å². The average molecular weight is 291 g/mol. The third-order valence-electron chi connectivity index (χ3n) is 4.05. The number of aliphatic carboxylic acids is 1. The fourth-order valence-electron chi connectivity index (χ4n) is 2.59. The molecule has 21 heavy (non-hydrogen) atoms. The molecule has 1 amide bonds. The van der Waals surface area contributed by atoms with Gasteiger partial charge < -0.3 is 15.2 Å². The molecule has 1 aliphatic rings. The molecular weight excluding hydrogens is 270 g/mol. The van der Waals surface area contributed by atoms with Crippen LogP contribution in [0, 0.1) is 5.41 Å². The second kappa shape index (κ2) is 6.72. The Hall–Kier alpha value is -1.88. The normalized spacial score (nSPS) is 16.0. The summed E-state index contributed by atoms with van der Waals surface area (Å²) in [7, 11) is 1.62. The first-order chi connectivity index (χ1) is 10.1. The standard InChI is InChI=1S/C16H21NO4/c1-21-11-16(9-2-10-16)15(20)17-13-6-3-12(4-7-13)5-8-14(18)19/h3-4,6-7H,2,5,8-11H2,1H3,(H,17,20)(H,18,19). The second-order valence-electron chi connectivity index (χ2n) is 5.61. The molecule has 1 aliphatic carbocycles. The molecule has 2 rings (SSSR count). The van der Waals surface area contributed by atoms with Gasteiger partial charge in [0.25, 0.3) is 0 Å². The number of rotatable bonds is 7. The third kappa shape index (κ3) is 3.82. The van der Waals surface area contributed by atoms with E-state index in [0.29, 0.717) is 13.0 Å². The number of aryl methyl sites for hydroxylation is 1. The molecule has 1 aromatic carbocycles. The maximum Gasteiger partial charge on any atom is 0.303 e. The zero-order chi connectivity index (χ0) is 15.3. The van der Waals surface area contributed by atoms with Crippen LogP contribution in [0.25, 0.3) is 0 Å². The summed E-state index contributed by atoms with van der Waals surface area (Å²) in [5.41, 5.74) is 1.31. The van der Waals surface area contributed by atoms with Gasteiger partial charge in [0.15, 0.2) is 0 Å². The van der Waals surface area contributed by atoms with Gasteiger partial charge in [-0.25, -0.2) is 0 Å². The number of carbonyl (C=O) groups excluding carboxylic acids is 1. The SMILES string of the molecule is COCC1(C(=O)Nc2ccc(CCC(=O)O)cc2)CCC1. The molecule has 0 spiro atoms. The van der Waals surface area contributed by atoms with Crippen LogP contribution < -0.4 is 5.32 Å². The Morgan fingerprint density at radius 3 is 2.43 bits per heavy atom. The van der Waals surface area contributed by atoms with Gasteiger partial charge >= 0.3 is 5.97 Å². The van der Waals surface area contributed by atoms with Crippen molar-refractivity contribution in [1.82, 2.24) is 0 Å². The number of carboxylic acid groups (broad SMARTS) is 1. The average Bonchev–Trinajstić information content (AvgIpc) is 2.42. The van der Waals surface area contributed by atoms with Crippen LogP contribution in [0.4, 0.5) is 5.69 Å². The summed E-state index contributed by atoms with van der Waals surface area (Å²) in [4.78, 5) is 22.9. The maximum absolute atomic E-state index is 12.3. The summed E-state index contributed by atoms with van der Waals surface area (Å²) >= 11 is 0. The van der Waals surface area contributed by atoms with Gasteiger partial charge in [-0.15, -0.1) is 0 Å². The van der Waals surface area contributed by atoms with Gasteiger partial charge in [0.1, 0.15) is 0 Å². The van der Waals surface area contributed by atoms with E-state index in [4.69, 9.17) is 9.84 Å². The Labute approximate surface area is 124 Å². The molecule has 0 radical (unpaired) electrons. The minimum atomic E-state index is -0.807. The van der Waals surface area contributed by atoms with Gasteiger partial charge in [0.2, 0.25) is 5.91 Å². The zero-order valence-electron chi connectivity index (χ0n) is 12.2. The minimum absolute atomic E-state index is 0.00823. The summed E-state index contributed by atoms with van der Waals surface area (Å²) in [6, 6.07) is 7.33. The highest BCUT2D eigenvalue weighted by molar-refractivity contribution is 5.96. The molecule has 0 aliphatic heterocycles. The van der Waals surface area contributed by atoms with Crippen LogP contribution in [0.5, 0.6) is 0 Å². The predicted octanol–water partition coefficient (Wildman–Crippen LogP) is 2.46. The quantitative estimate of drug-likeness (QED) is 0.809. The third-order valence-corrected chi connectivity index (χ3v) is 4.05. The summed E-state index contributed by atoms with van der Waals surface area (Å²) in [6.07, 6.45) is 3.40. The molecule has 0 heterocycles. The van der Waals surface area contributed by atoms with Crippen molar-refractivity contribution in [2.75, 3.05) is 19.0 Å². The molecule has 0 aromatic heterocycles. The number of anilines is 1. The molecule has 1 saturated carbocycles. The van der Waals surface area contributed by atoms with Gasteiger partial charge in [-0.2, -0.15) is 0 Å². The van der Waals surface area contributed by atoms with Crippen molar-refractivity contribution < 1.29 is 19.4 Å². The largest absolute Gasteiger partial charge is 0.481 e. The number of carbonyl (C=O) groups is 2. The van der Waals surface area contributed by atoms with Crippen LogP contribution in [0.15, 0.2) is 24.3 Å². The topological polar surface area (TPSA) is 75.6 Å². The highest BCUT2D eigenvalue weighted by Gasteiger charge is 2.44. The van der Waals surface area contributed by atoms with Crippen LogP contribution in [-0.2, 0) is 20.7 Å². The summed E-state index contributed by atoms with van der Waals surface area (Å²) in [6.45, 7) is 0.454. The number of carboxylic acids is 1. The van der Waals surface area contributed by atoms with E-state index in [9.17, 15) is 9.59 Å². The number of nitrogens with one attached hydrogen (secondary N) is 1. The first kappa shape index (κ1) is 15.5. The van der Waals surface area contributed by atoms with Crippen molar-refractivity contribution in [3.63, 3.8) is 0 Å². The molecule has 0 atom stereocenters. The van der Waals surface area contributed by atoms with Crippen LogP contribution in [0.1, 0.15) is 31.2 Å². The van der Waals surface area contributed by atoms with E-state index in [1.807, 2.05) is 24.3 Å². The van der Waals surface area contributed by atoms with Crippen LogP contribution in [-0.4, -0.2) is 30.7 Å². The Bertz CT molecular complexity index is 506.